The molecule has 0 radical (unpaired) electrons. The number of nitrogens with zero attached hydrogens (tertiary/aromatic N) is 1. The molecule has 0 atom stereocenters. The zero-order chi connectivity index (χ0) is 18.4. The number of ether oxygens (including phenoxy) is 2. The molecule has 0 saturated heterocycles. The lowest BCUT2D eigenvalue weighted by atomic mass is 10.2. The summed E-state index contributed by atoms with van der Waals surface area (Å²) in [6, 6.07) is 10.3. The Balaban J connectivity index is 1.98. The molecule has 2 rings (SSSR count). The van der Waals surface area contributed by atoms with Gasteiger partial charge in [0.25, 0.3) is 11.6 Å². The number of esters is 1. The molecule has 0 heterocycles. The molecule has 0 fully saturated rings. The molecular formula is C16H13BrN2O6. The van der Waals surface area contributed by atoms with Crippen LogP contribution in [0.25, 0.3) is 0 Å². The molecular weight excluding hydrogens is 396 g/mol. The number of nitro benzene ring substituents is 1. The van der Waals surface area contributed by atoms with Crippen molar-refractivity contribution in [3.8, 4) is 5.75 Å². The number of carbonyl (C=O) groups excluding carboxylic acids is 2. The van der Waals surface area contributed by atoms with Crippen LogP contribution < -0.4 is 10.1 Å². The fourth-order valence-electron chi connectivity index (χ4n) is 1.91. The monoisotopic (exact) mass is 408 g/mol. The quantitative estimate of drug-likeness (QED) is 0.446. The maximum atomic E-state index is 11.9. The Bertz CT molecular complexity index is 824. The standard InChI is InChI=1S/C16H13BrN2O6/c1-24-14-8-12(19(22)23)5-6-13(14)18-15(20)9-25-16(21)10-3-2-4-11(17)7-10/h2-8H,9H2,1H3,(H,18,20). The molecule has 0 aromatic heterocycles. The van der Waals surface area contributed by atoms with Crippen molar-refractivity contribution in [2.75, 3.05) is 19.0 Å². The molecule has 8 nitrogen and oxygen atoms in total. The van der Waals surface area contributed by atoms with Gasteiger partial charge in [-0.1, -0.05) is 22.0 Å². The topological polar surface area (TPSA) is 108 Å². The smallest absolute Gasteiger partial charge is 0.338 e. The molecule has 0 aliphatic carbocycles. The molecule has 2 aromatic rings. The van der Waals surface area contributed by atoms with E-state index in [0.29, 0.717) is 10.0 Å². The van der Waals surface area contributed by atoms with E-state index in [9.17, 15) is 19.7 Å². The maximum absolute atomic E-state index is 11.9. The lowest BCUT2D eigenvalue weighted by Gasteiger charge is -2.10. The number of rotatable bonds is 6. The van der Waals surface area contributed by atoms with Gasteiger partial charge in [0.1, 0.15) is 5.75 Å². The second-order valence-electron chi connectivity index (χ2n) is 4.78. The minimum absolute atomic E-state index is 0.126. The molecule has 0 aliphatic heterocycles. The Morgan fingerprint density at radius 3 is 2.64 bits per heavy atom. The number of benzene rings is 2. The van der Waals surface area contributed by atoms with Crippen LogP contribution in [0.15, 0.2) is 46.9 Å². The third-order valence-electron chi connectivity index (χ3n) is 3.06. The Kier molecular flexibility index (Phi) is 6.07. The third-order valence-corrected chi connectivity index (χ3v) is 3.56. The van der Waals surface area contributed by atoms with Crippen LogP contribution in [-0.4, -0.2) is 30.5 Å². The fraction of sp³-hybridized carbons (Fsp3) is 0.125. The fourth-order valence-corrected chi connectivity index (χ4v) is 2.31. The number of methoxy groups -OCH3 is 1. The van der Waals surface area contributed by atoms with Crippen LogP contribution in [0.2, 0.25) is 0 Å². The largest absolute Gasteiger partial charge is 0.494 e. The predicted octanol–water partition coefficient (Wildman–Crippen LogP) is 3.16. The number of halogens is 1. The highest BCUT2D eigenvalue weighted by atomic mass is 79.9. The minimum Gasteiger partial charge on any atom is -0.494 e. The first-order valence-corrected chi connectivity index (χ1v) is 7.75. The van der Waals surface area contributed by atoms with Crippen molar-refractivity contribution in [1.82, 2.24) is 0 Å². The van der Waals surface area contributed by atoms with Gasteiger partial charge in [-0.15, -0.1) is 0 Å². The van der Waals surface area contributed by atoms with E-state index < -0.39 is 23.4 Å². The van der Waals surface area contributed by atoms with Crippen molar-refractivity contribution in [1.29, 1.82) is 0 Å². The van der Waals surface area contributed by atoms with Crippen molar-refractivity contribution in [2.24, 2.45) is 0 Å². The SMILES string of the molecule is COc1cc([N+](=O)[O-])ccc1NC(=O)COC(=O)c1cccc(Br)c1. The van der Waals surface area contributed by atoms with E-state index in [2.05, 4.69) is 21.2 Å². The summed E-state index contributed by atoms with van der Waals surface area (Å²) in [6.45, 7) is -0.508. The Morgan fingerprint density at radius 1 is 1.24 bits per heavy atom. The van der Waals surface area contributed by atoms with E-state index >= 15 is 0 Å². The molecule has 0 spiro atoms. The Labute approximate surface area is 151 Å². The summed E-state index contributed by atoms with van der Waals surface area (Å²) in [5.41, 5.74) is 0.364. The lowest BCUT2D eigenvalue weighted by Crippen LogP contribution is -2.21. The Morgan fingerprint density at radius 2 is 2.00 bits per heavy atom. The predicted molar refractivity (Wildman–Crippen MR) is 92.7 cm³/mol. The van der Waals surface area contributed by atoms with Crippen molar-refractivity contribution in [3.05, 3.63) is 62.6 Å². The van der Waals surface area contributed by atoms with Gasteiger partial charge in [-0.25, -0.2) is 4.79 Å². The van der Waals surface area contributed by atoms with Gasteiger partial charge in [0, 0.05) is 10.5 Å². The van der Waals surface area contributed by atoms with Gasteiger partial charge >= 0.3 is 5.97 Å². The summed E-state index contributed by atoms with van der Waals surface area (Å²) in [4.78, 5) is 34.0. The summed E-state index contributed by atoms with van der Waals surface area (Å²) >= 11 is 3.24. The first-order chi connectivity index (χ1) is 11.9. The second kappa shape index (κ2) is 8.25. The van der Waals surface area contributed by atoms with Crippen LogP contribution >= 0.6 is 15.9 Å². The minimum atomic E-state index is -0.646. The van der Waals surface area contributed by atoms with Gasteiger partial charge in [0.15, 0.2) is 6.61 Å². The van der Waals surface area contributed by atoms with Crippen LogP contribution in [0.5, 0.6) is 5.75 Å². The Hall–Kier alpha value is -2.94. The number of carbonyl (C=O) groups is 2. The highest BCUT2D eigenvalue weighted by Gasteiger charge is 2.15. The number of amides is 1. The van der Waals surface area contributed by atoms with Crippen LogP contribution in [0.3, 0.4) is 0 Å². The van der Waals surface area contributed by atoms with Crippen molar-refractivity contribution in [3.63, 3.8) is 0 Å². The number of hydrogen-bond donors (Lipinski definition) is 1. The van der Waals surface area contributed by atoms with Gasteiger partial charge < -0.3 is 14.8 Å². The molecule has 0 aliphatic rings. The molecule has 2 aromatic carbocycles. The number of non-ortho nitro benzene ring substituents is 1. The van der Waals surface area contributed by atoms with Gasteiger partial charge in [0.2, 0.25) is 0 Å². The van der Waals surface area contributed by atoms with Crippen LogP contribution in [0.1, 0.15) is 10.4 Å². The zero-order valence-corrected chi connectivity index (χ0v) is 14.6. The molecule has 1 N–H and O–H groups in total. The number of anilines is 1. The zero-order valence-electron chi connectivity index (χ0n) is 13.0. The van der Waals surface area contributed by atoms with Crippen molar-refractivity contribution < 1.29 is 24.0 Å². The highest BCUT2D eigenvalue weighted by molar-refractivity contribution is 9.10. The van der Waals surface area contributed by atoms with Gasteiger partial charge in [-0.3, -0.25) is 14.9 Å². The molecule has 1 amide bonds. The second-order valence-corrected chi connectivity index (χ2v) is 5.69. The summed E-state index contributed by atoms with van der Waals surface area (Å²) in [5, 5.41) is 13.2. The van der Waals surface area contributed by atoms with E-state index in [-0.39, 0.29) is 17.1 Å². The summed E-state index contributed by atoms with van der Waals surface area (Å²) < 4.78 is 10.7. The average molecular weight is 409 g/mol. The van der Waals surface area contributed by atoms with E-state index in [1.54, 1.807) is 24.3 Å². The van der Waals surface area contributed by atoms with Crippen LogP contribution in [-0.2, 0) is 9.53 Å². The van der Waals surface area contributed by atoms with E-state index in [1.807, 2.05) is 0 Å². The van der Waals surface area contributed by atoms with E-state index in [1.165, 1.54) is 25.3 Å². The van der Waals surface area contributed by atoms with Gasteiger partial charge in [-0.05, 0) is 24.3 Å². The van der Waals surface area contributed by atoms with Crippen molar-refractivity contribution in [2.45, 2.75) is 0 Å². The maximum Gasteiger partial charge on any atom is 0.338 e. The first kappa shape index (κ1) is 18.4. The van der Waals surface area contributed by atoms with Crippen LogP contribution in [0.4, 0.5) is 11.4 Å². The van der Waals surface area contributed by atoms with Gasteiger partial charge in [-0.2, -0.15) is 0 Å². The highest BCUT2D eigenvalue weighted by Crippen LogP contribution is 2.28. The normalized spacial score (nSPS) is 10.0. The number of nitrogens with one attached hydrogen (secondary N) is 1. The van der Waals surface area contributed by atoms with Gasteiger partial charge in [0.05, 0.1) is 29.4 Å². The molecule has 0 bridgehead atoms. The van der Waals surface area contributed by atoms with E-state index in [4.69, 9.17) is 9.47 Å². The number of nitro groups is 1. The number of hydrogen-bond acceptors (Lipinski definition) is 6. The molecule has 0 saturated carbocycles. The van der Waals surface area contributed by atoms with Crippen molar-refractivity contribution >= 4 is 39.2 Å². The molecule has 0 unspecified atom stereocenters. The summed E-state index contributed by atoms with van der Waals surface area (Å²) in [7, 11) is 1.32. The van der Waals surface area contributed by atoms with Crippen LogP contribution in [0, 0.1) is 10.1 Å². The molecule has 25 heavy (non-hydrogen) atoms. The summed E-state index contributed by atoms with van der Waals surface area (Å²) in [6.07, 6.45) is 0. The average Bonchev–Trinajstić information content (AvgIpc) is 2.59. The summed E-state index contributed by atoms with van der Waals surface area (Å²) in [5.74, 6) is -1.12. The van der Waals surface area contributed by atoms with E-state index in [0.717, 1.165) is 0 Å². The lowest BCUT2D eigenvalue weighted by molar-refractivity contribution is -0.384. The third kappa shape index (κ3) is 5.01. The molecule has 130 valence electrons. The first-order valence-electron chi connectivity index (χ1n) is 6.95. The molecule has 9 heteroatoms.